The van der Waals surface area contributed by atoms with Crippen LogP contribution in [-0.4, -0.2) is 46.5 Å². The second-order valence-corrected chi connectivity index (χ2v) is 8.56. The van der Waals surface area contributed by atoms with Crippen LogP contribution < -0.4 is 10.2 Å². The normalized spacial score (nSPS) is 14.7. The Balaban J connectivity index is 1.89. The van der Waals surface area contributed by atoms with Crippen molar-refractivity contribution in [1.82, 2.24) is 5.32 Å². The van der Waals surface area contributed by atoms with Crippen LogP contribution in [0, 0.1) is 11.8 Å². The van der Waals surface area contributed by atoms with Gasteiger partial charge in [-0.2, -0.15) is 0 Å². The van der Waals surface area contributed by atoms with Gasteiger partial charge in [-0.25, -0.2) is 4.39 Å². The Hall–Kier alpha value is -3.59. The Bertz CT molecular complexity index is 1050. The van der Waals surface area contributed by atoms with Crippen LogP contribution >= 0.6 is 0 Å². The van der Waals surface area contributed by atoms with E-state index in [0.717, 1.165) is 0 Å². The molecule has 0 spiro atoms. The number of rotatable bonds is 9. The third-order valence-electron chi connectivity index (χ3n) is 5.95. The molecule has 0 saturated heterocycles. The number of aliphatic hydroxyl groups is 1. The van der Waals surface area contributed by atoms with Crippen LogP contribution in [0.15, 0.2) is 48.5 Å². The van der Waals surface area contributed by atoms with Crippen LogP contribution in [-0.2, 0) is 19.2 Å². The van der Waals surface area contributed by atoms with E-state index in [1.807, 2.05) is 0 Å². The van der Waals surface area contributed by atoms with Gasteiger partial charge in [0, 0.05) is 23.5 Å². The fourth-order valence-corrected chi connectivity index (χ4v) is 4.11. The zero-order valence-electron chi connectivity index (χ0n) is 18.9. The Kier molecular flexibility index (Phi) is 7.78. The topological polar surface area (TPSA) is 124 Å². The van der Waals surface area contributed by atoms with Crippen molar-refractivity contribution >= 4 is 34.9 Å². The van der Waals surface area contributed by atoms with E-state index < -0.39 is 54.7 Å². The molecule has 0 saturated carbocycles. The average Bonchev–Trinajstić information content (AvgIpc) is 2.81. The molecule has 0 aromatic heterocycles. The Morgan fingerprint density at radius 1 is 0.971 bits per heavy atom. The molecule has 1 aliphatic heterocycles. The number of carboxylic acid groups (broad SMARTS) is 1. The van der Waals surface area contributed by atoms with Crippen molar-refractivity contribution in [2.45, 2.75) is 38.8 Å². The van der Waals surface area contributed by atoms with Gasteiger partial charge >= 0.3 is 5.97 Å². The largest absolute Gasteiger partial charge is 0.481 e. The number of aliphatic carboxylic acids is 1. The number of nitrogens with one attached hydrogen (secondary N) is 1. The lowest BCUT2D eigenvalue weighted by Crippen LogP contribution is -2.47. The Morgan fingerprint density at radius 2 is 1.50 bits per heavy atom. The number of hydrogen-bond donors (Lipinski definition) is 3. The van der Waals surface area contributed by atoms with E-state index in [1.54, 1.807) is 62.4 Å². The highest BCUT2D eigenvalue weighted by Crippen LogP contribution is 2.44. The molecule has 9 heteroatoms. The summed E-state index contributed by atoms with van der Waals surface area (Å²) in [6, 6.07) is 12.3. The lowest BCUT2D eigenvalue weighted by atomic mass is 9.88. The van der Waals surface area contributed by atoms with Crippen molar-refractivity contribution in [1.29, 1.82) is 0 Å². The van der Waals surface area contributed by atoms with Gasteiger partial charge in [-0.3, -0.25) is 24.1 Å². The van der Waals surface area contributed by atoms with Crippen LogP contribution in [0.1, 0.15) is 43.9 Å². The maximum Gasteiger partial charge on any atom is 0.305 e. The summed E-state index contributed by atoms with van der Waals surface area (Å²) in [5.74, 6) is -4.75. The molecule has 0 aliphatic carbocycles. The van der Waals surface area contributed by atoms with Crippen molar-refractivity contribution in [2.24, 2.45) is 11.8 Å². The van der Waals surface area contributed by atoms with Crippen molar-refractivity contribution in [3.05, 3.63) is 59.7 Å². The molecule has 180 valence electrons. The smallest absolute Gasteiger partial charge is 0.305 e. The van der Waals surface area contributed by atoms with E-state index >= 15 is 0 Å². The molecule has 0 fully saturated rings. The predicted octanol–water partition coefficient (Wildman–Crippen LogP) is 2.91. The second-order valence-electron chi connectivity index (χ2n) is 8.56. The number of aliphatic hydroxyl groups excluding tert-OH is 1. The summed E-state index contributed by atoms with van der Waals surface area (Å²) >= 11 is 0. The predicted molar refractivity (Wildman–Crippen MR) is 122 cm³/mol. The first-order chi connectivity index (χ1) is 16.1. The number of nitrogens with zero attached hydrogens (tertiary/aromatic N) is 1. The van der Waals surface area contributed by atoms with E-state index in [1.165, 1.54) is 4.90 Å². The van der Waals surface area contributed by atoms with E-state index in [-0.39, 0.29) is 12.3 Å². The van der Waals surface area contributed by atoms with Gasteiger partial charge in [-0.05, 0) is 18.1 Å². The minimum Gasteiger partial charge on any atom is -0.481 e. The van der Waals surface area contributed by atoms with Gasteiger partial charge in [0.15, 0.2) is 5.78 Å². The van der Waals surface area contributed by atoms with Crippen LogP contribution in [0.5, 0.6) is 0 Å². The van der Waals surface area contributed by atoms with E-state index in [4.69, 9.17) is 5.11 Å². The lowest BCUT2D eigenvalue weighted by Gasteiger charge is -2.35. The maximum absolute atomic E-state index is 13.5. The zero-order chi connectivity index (χ0) is 25.0. The molecule has 3 N–H and O–H groups in total. The summed E-state index contributed by atoms with van der Waals surface area (Å²) < 4.78 is 12.9. The number of halogens is 1. The summed E-state index contributed by atoms with van der Waals surface area (Å²) in [5.41, 5.74) is 2.10. The number of amides is 2. The molecule has 8 nitrogen and oxygen atoms in total. The second kappa shape index (κ2) is 10.6. The fraction of sp³-hybridized carbons (Fsp3) is 0.360. The summed E-state index contributed by atoms with van der Waals surface area (Å²) in [5, 5.41) is 22.1. The van der Waals surface area contributed by atoms with Crippen LogP contribution in [0.4, 0.5) is 15.8 Å². The first-order valence-corrected chi connectivity index (χ1v) is 10.9. The van der Waals surface area contributed by atoms with E-state index in [0.29, 0.717) is 22.5 Å². The van der Waals surface area contributed by atoms with Gasteiger partial charge in [0.05, 0.1) is 17.8 Å². The lowest BCUT2D eigenvalue weighted by molar-refractivity contribution is -0.141. The number of benzene rings is 2. The summed E-state index contributed by atoms with van der Waals surface area (Å²) in [6.45, 7) is 2.04. The van der Waals surface area contributed by atoms with Gasteiger partial charge in [0.2, 0.25) is 11.8 Å². The quantitative estimate of drug-likeness (QED) is 0.518. The molecule has 1 aliphatic rings. The average molecular weight is 470 g/mol. The molecule has 2 unspecified atom stereocenters. The Morgan fingerprint density at radius 3 is 1.97 bits per heavy atom. The first kappa shape index (κ1) is 25.0. The highest BCUT2D eigenvalue weighted by molar-refractivity contribution is 6.05. The standard InChI is InChI=1S/C25H27FN2O6/c1-14(2)17(25(34)27-18(12-23(31)32)21(29)13-26)11-22(30)28-19-9-5-3-7-15(19)24(33)16-8-4-6-10-20(16)28/h3-10,14,17-18,24,33H,11-13H2,1-2H3,(H,27,34)(H,31,32). The number of carbonyl (C=O) groups is 4. The molecule has 0 bridgehead atoms. The van der Waals surface area contributed by atoms with Gasteiger partial charge < -0.3 is 15.5 Å². The third kappa shape index (κ3) is 5.14. The van der Waals surface area contributed by atoms with Gasteiger partial charge in [-0.1, -0.05) is 50.2 Å². The van der Waals surface area contributed by atoms with Gasteiger partial charge in [-0.15, -0.1) is 0 Å². The van der Waals surface area contributed by atoms with Crippen molar-refractivity contribution < 1.29 is 33.8 Å². The molecule has 1 heterocycles. The minimum absolute atomic E-state index is 0.244. The number of alkyl halides is 1. The molecular weight excluding hydrogens is 443 g/mol. The number of ketones is 1. The molecule has 2 amide bonds. The highest BCUT2D eigenvalue weighted by atomic mass is 19.1. The summed E-state index contributed by atoms with van der Waals surface area (Å²) in [6.07, 6.45) is -1.91. The molecule has 0 radical (unpaired) electrons. The molecule has 2 aromatic carbocycles. The van der Waals surface area contributed by atoms with Crippen LogP contribution in [0.3, 0.4) is 0 Å². The monoisotopic (exact) mass is 470 g/mol. The third-order valence-corrected chi connectivity index (χ3v) is 5.95. The molecule has 34 heavy (non-hydrogen) atoms. The number of carbonyl (C=O) groups excluding carboxylic acids is 3. The minimum atomic E-state index is -1.52. The Labute approximate surface area is 196 Å². The van der Waals surface area contributed by atoms with Gasteiger partial charge in [0.1, 0.15) is 18.8 Å². The number of carboxylic acids is 1. The number of fused-ring (bicyclic) bond motifs is 2. The number of anilines is 2. The van der Waals surface area contributed by atoms with Gasteiger partial charge in [0.25, 0.3) is 0 Å². The van der Waals surface area contributed by atoms with Crippen molar-refractivity contribution in [3.63, 3.8) is 0 Å². The maximum atomic E-state index is 13.5. The molecule has 2 aromatic rings. The molecular formula is C25H27FN2O6. The zero-order valence-corrected chi connectivity index (χ0v) is 18.9. The van der Waals surface area contributed by atoms with E-state index in [2.05, 4.69) is 5.32 Å². The summed E-state index contributed by atoms with van der Waals surface area (Å²) in [4.78, 5) is 50.8. The van der Waals surface area contributed by atoms with Crippen molar-refractivity contribution in [3.8, 4) is 0 Å². The first-order valence-electron chi connectivity index (χ1n) is 10.9. The van der Waals surface area contributed by atoms with Crippen molar-refractivity contribution in [2.75, 3.05) is 11.6 Å². The van der Waals surface area contributed by atoms with Crippen LogP contribution in [0.2, 0.25) is 0 Å². The number of para-hydroxylation sites is 2. The number of hydrogen-bond acceptors (Lipinski definition) is 5. The highest BCUT2D eigenvalue weighted by Gasteiger charge is 2.36. The SMILES string of the molecule is CC(C)C(CC(=O)N1c2ccccc2C(O)c2ccccc21)C(=O)NC(CC(=O)O)C(=O)CF. The molecule has 3 rings (SSSR count). The van der Waals surface area contributed by atoms with Crippen LogP contribution in [0.25, 0.3) is 0 Å². The molecule has 2 atom stereocenters. The summed E-state index contributed by atoms with van der Waals surface area (Å²) in [7, 11) is 0. The van der Waals surface area contributed by atoms with E-state index in [9.17, 15) is 28.7 Å². The number of Topliss-reactive ketones (excluding diaryl/α,β-unsaturated/α-hetero) is 1. The fourth-order valence-electron chi connectivity index (χ4n) is 4.11.